The second-order valence-electron chi connectivity index (χ2n) is 5.89. The topological polar surface area (TPSA) is 85.8 Å². The molecule has 0 aliphatic rings. The number of carbonyl (C=O) groups is 1. The highest BCUT2D eigenvalue weighted by Gasteiger charge is 2.23. The van der Waals surface area contributed by atoms with Crippen molar-refractivity contribution < 1.29 is 13.6 Å². The predicted molar refractivity (Wildman–Crippen MR) is 84.6 cm³/mol. The van der Waals surface area contributed by atoms with E-state index in [0.717, 1.165) is 23.9 Å². The minimum absolute atomic E-state index is 0.0315. The molecule has 2 rings (SSSR count). The minimum Gasteiger partial charge on any atom is -0.336 e. The van der Waals surface area contributed by atoms with Gasteiger partial charge < -0.3 is 11.2 Å². The molecule has 0 spiro atoms. The van der Waals surface area contributed by atoms with E-state index in [1.54, 1.807) is 0 Å². The number of halogens is 2. The van der Waals surface area contributed by atoms with Crippen molar-refractivity contribution in [2.24, 2.45) is 0 Å². The number of anilines is 1. The van der Waals surface area contributed by atoms with Crippen molar-refractivity contribution in [3.63, 3.8) is 0 Å². The Bertz CT molecular complexity index is 726. The van der Waals surface area contributed by atoms with Crippen LogP contribution in [0.4, 0.5) is 14.5 Å². The van der Waals surface area contributed by atoms with Crippen molar-refractivity contribution in [3.8, 4) is 0 Å². The fourth-order valence-corrected chi connectivity index (χ4v) is 2.45. The number of nitrogens with zero attached hydrogens (tertiary/aromatic N) is 3. The van der Waals surface area contributed by atoms with Gasteiger partial charge in [-0.2, -0.15) is 0 Å². The summed E-state index contributed by atoms with van der Waals surface area (Å²) < 4.78 is 27.6. The van der Waals surface area contributed by atoms with Crippen LogP contribution in [-0.4, -0.2) is 26.5 Å². The molecule has 0 unspecified atom stereocenters. The van der Waals surface area contributed by atoms with Crippen LogP contribution in [-0.2, 0) is 10.2 Å². The van der Waals surface area contributed by atoms with Gasteiger partial charge in [0, 0.05) is 11.5 Å². The fourth-order valence-electron chi connectivity index (χ4n) is 1.79. The zero-order chi connectivity index (χ0) is 17.2. The summed E-state index contributed by atoms with van der Waals surface area (Å²) in [4.78, 5) is 11.8. The zero-order valence-corrected chi connectivity index (χ0v) is 13.7. The first-order chi connectivity index (χ1) is 10.7. The Morgan fingerprint density at radius 2 is 2.04 bits per heavy atom. The maximum Gasteiger partial charge on any atom is 0.234 e. The third kappa shape index (κ3) is 4.19. The minimum atomic E-state index is -0.833. The van der Waals surface area contributed by atoms with Crippen LogP contribution in [0.1, 0.15) is 26.6 Å². The van der Waals surface area contributed by atoms with Crippen LogP contribution < -0.4 is 11.2 Å². The lowest BCUT2D eigenvalue weighted by atomic mass is 9.96. The number of benzene rings is 1. The summed E-state index contributed by atoms with van der Waals surface area (Å²) in [7, 11) is 0. The van der Waals surface area contributed by atoms with E-state index in [4.69, 9.17) is 5.84 Å². The summed E-state index contributed by atoms with van der Waals surface area (Å²) in [5.41, 5.74) is -0.360. The number of rotatable bonds is 4. The van der Waals surface area contributed by atoms with Crippen molar-refractivity contribution >= 4 is 23.4 Å². The molecule has 23 heavy (non-hydrogen) atoms. The Balaban J connectivity index is 1.98. The lowest BCUT2D eigenvalue weighted by Gasteiger charge is -2.16. The Morgan fingerprint density at radius 3 is 2.61 bits per heavy atom. The van der Waals surface area contributed by atoms with Gasteiger partial charge in [0.05, 0.1) is 11.4 Å². The van der Waals surface area contributed by atoms with Gasteiger partial charge in [-0.15, -0.1) is 10.2 Å². The van der Waals surface area contributed by atoms with Crippen molar-refractivity contribution in [2.45, 2.75) is 31.3 Å². The van der Waals surface area contributed by atoms with Crippen LogP contribution in [0.25, 0.3) is 0 Å². The molecule has 1 aromatic carbocycles. The van der Waals surface area contributed by atoms with E-state index in [-0.39, 0.29) is 16.9 Å². The second-order valence-corrected chi connectivity index (χ2v) is 6.83. The first kappa shape index (κ1) is 17.2. The maximum absolute atomic E-state index is 13.5. The standard InChI is InChI=1S/C14H17F2N5OS/c1-14(2,3)12-19-20-13(21(12)17)23-7-11(22)18-10-5-4-8(15)6-9(10)16/h4-6H,7,17H2,1-3H3,(H,18,22). The summed E-state index contributed by atoms with van der Waals surface area (Å²) in [5, 5.41) is 10.7. The van der Waals surface area contributed by atoms with E-state index in [1.165, 1.54) is 4.68 Å². The average Bonchev–Trinajstić information content (AvgIpc) is 2.81. The van der Waals surface area contributed by atoms with Crippen LogP contribution in [0.3, 0.4) is 0 Å². The quantitative estimate of drug-likeness (QED) is 0.658. The number of nitrogens with one attached hydrogen (secondary N) is 1. The van der Waals surface area contributed by atoms with Gasteiger partial charge in [-0.05, 0) is 12.1 Å². The number of carbonyl (C=O) groups excluding carboxylic acids is 1. The van der Waals surface area contributed by atoms with Crippen molar-refractivity contribution in [1.82, 2.24) is 14.9 Å². The van der Waals surface area contributed by atoms with Gasteiger partial charge in [0.2, 0.25) is 11.1 Å². The fraction of sp³-hybridized carbons (Fsp3) is 0.357. The summed E-state index contributed by atoms with van der Waals surface area (Å²) in [6.07, 6.45) is 0. The van der Waals surface area contributed by atoms with E-state index in [1.807, 2.05) is 20.8 Å². The summed E-state index contributed by atoms with van der Waals surface area (Å²) in [6.45, 7) is 5.83. The van der Waals surface area contributed by atoms with Crippen LogP contribution >= 0.6 is 11.8 Å². The molecule has 0 bridgehead atoms. The molecule has 1 heterocycles. The molecule has 1 amide bonds. The molecule has 0 aliphatic carbocycles. The molecule has 0 fully saturated rings. The third-order valence-corrected chi connectivity index (χ3v) is 3.82. The Labute approximate surface area is 136 Å². The van der Waals surface area contributed by atoms with Crippen LogP contribution in [0.15, 0.2) is 23.4 Å². The molecule has 0 aliphatic heterocycles. The van der Waals surface area contributed by atoms with E-state index in [9.17, 15) is 13.6 Å². The molecule has 3 N–H and O–H groups in total. The Kier molecular flexibility index (Phi) is 4.88. The number of nitrogens with two attached hydrogens (primary N) is 1. The highest BCUT2D eigenvalue weighted by molar-refractivity contribution is 7.99. The zero-order valence-electron chi connectivity index (χ0n) is 12.9. The van der Waals surface area contributed by atoms with E-state index < -0.39 is 17.5 Å². The molecule has 1 aromatic heterocycles. The van der Waals surface area contributed by atoms with Gasteiger partial charge in [-0.3, -0.25) is 4.79 Å². The first-order valence-corrected chi connectivity index (χ1v) is 7.75. The van der Waals surface area contributed by atoms with Gasteiger partial charge in [0.15, 0.2) is 5.82 Å². The summed E-state index contributed by atoms with van der Waals surface area (Å²) in [6, 6.07) is 2.93. The summed E-state index contributed by atoms with van der Waals surface area (Å²) in [5.74, 6) is 4.46. The van der Waals surface area contributed by atoms with Gasteiger partial charge >= 0.3 is 0 Å². The molecular weight excluding hydrogens is 324 g/mol. The first-order valence-electron chi connectivity index (χ1n) is 6.77. The predicted octanol–water partition coefficient (Wildman–Crippen LogP) is 2.30. The SMILES string of the molecule is CC(C)(C)c1nnc(SCC(=O)Nc2ccc(F)cc2F)n1N. The number of hydrogen-bond donors (Lipinski definition) is 2. The monoisotopic (exact) mass is 341 g/mol. The van der Waals surface area contributed by atoms with E-state index >= 15 is 0 Å². The largest absolute Gasteiger partial charge is 0.336 e. The molecule has 0 atom stereocenters. The Morgan fingerprint density at radius 1 is 1.35 bits per heavy atom. The molecular formula is C14H17F2N5OS. The number of hydrogen-bond acceptors (Lipinski definition) is 5. The van der Waals surface area contributed by atoms with Crippen LogP contribution in [0.5, 0.6) is 0 Å². The van der Waals surface area contributed by atoms with Crippen LogP contribution in [0.2, 0.25) is 0 Å². The normalized spacial score (nSPS) is 11.5. The number of thioether (sulfide) groups is 1. The molecule has 6 nitrogen and oxygen atoms in total. The van der Waals surface area contributed by atoms with Crippen molar-refractivity contribution in [2.75, 3.05) is 16.9 Å². The summed E-state index contributed by atoms with van der Waals surface area (Å²) >= 11 is 1.08. The van der Waals surface area contributed by atoms with E-state index in [0.29, 0.717) is 17.0 Å². The third-order valence-electron chi connectivity index (χ3n) is 2.87. The van der Waals surface area contributed by atoms with Gasteiger partial charge in [-0.25, -0.2) is 13.5 Å². The van der Waals surface area contributed by atoms with Gasteiger partial charge in [-0.1, -0.05) is 32.5 Å². The molecule has 0 saturated heterocycles. The van der Waals surface area contributed by atoms with E-state index in [2.05, 4.69) is 15.5 Å². The Hall–Kier alpha value is -2.16. The number of nitrogen functional groups attached to an aromatic ring is 1. The number of aromatic nitrogens is 3. The lowest BCUT2D eigenvalue weighted by Crippen LogP contribution is -2.24. The smallest absolute Gasteiger partial charge is 0.234 e. The molecule has 0 saturated carbocycles. The van der Waals surface area contributed by atoms with Crippen molar-refractivity contribution in [1.29, 1.82) is 0 Å². The highest BCUT2D eigenvalue weighted by atomic mass is 32.2. The average molecular weight is 341 g/mol. The molecule has 9 heteroatoms. The lowest BCUT2D eigenvalue weighted by molar-refractivity contribution is -0.113. The van der Waals surface area contributed by atoms with Gasteiger partial charge in [0.25, 0.3) is 0 Å². The number of amides is 1. The van der Waals surface area contributed by atoms with Crippen LogP contribution in [0, 0.1) is 11.6 Å². The highest BCUT2D eigenvalue weighted by Crippen LogP contribution is 2.23. The van der Waals surface area contributed by atoms with Crippen molar-refractivity contribution in [3.05, 3.63) is 35.7 Å². The molecule has 2 aromatic rings. The molecule has 0 radical (unpaired) electrons. The maximum atomic E-state index is 13.5. The molecule has 124 valence electrons. The van der Waals surface area contributed by atoms with Gasteiger partial charge in [0.1, 0.15) is 11.6 Å². The second kappa shape index (κ2) is 6.53.